The molecule has 1 atom stereocenters. The largest absolute Gasteiger partial charge is 0.493 e. The number of carboxylic acid groups (broad SMARTS) is 1. The fourth-order valence-corrected chi connectivity index (χ4v) is 2.17. The Morgan fingerprint density at radius 2 is 1.89 bits per heavy atom. The van der Waals surface area contributed by atoms with E-state index in [0.717, 1.165) is 22.4 Å². The van der Waals surface area contributed by atoms with E-state index in [4.69, 9.17) is 9.84 Å². The van der Waals surface area contributed by atoms with Gasteiger partial charge in [0.15, 0.2) is 0 Å². The summed E-state index contributed by atoms with van der Waals surface area (Å²) in [4.78, 5) is 10.9. The van der Waals surface area contributed by atoms with Crippen molar-refractivity contribution in [2.24, 2.45) is 5.92 Å². The predicted molar refractivity (Wildman–Crippen MR) is 76.9 cm³/mol. The van der Waals surface area contributed by atoms with Gasteiger partial charge in [-0.25, -0.2) is 0 Å². The van der Waals surface area contributed by atoms with Gasteiger partial charge in [0.1, 0.15) is 5.75 Å². The van der Waals surface area contributed by atoms with E-state index >= 15 is 0 Å². The fraction of sp³-hybridized carbons (Fsp3) is 0.562. The van der Waals surface area contributed by atoms with Crippen molar-refractivity contribution in [3.8, 4) is 5.75 Å². The summed E-state index contributed by atoms with van der Waals surface area (Å²) in [5.41, 5.74) is 3.22. The van der Waals surface area contributed by atoms with E-state index in [9.17, 15) is 4.79 Å². The number of rotatable bonds is 6. The molecule has 0 amide bonds. The maximum atomic E-state index is 10.9. The van der Waals surface area contributed by atoms with Gasteiger partial charge in [-0.3, -0.25) is 4.79 Å². The Bertz CT molecular complexity index is 450. The van der Waals surface area contributed by atoms with Gasteiger partial charge in [0.2, 0.25) is 0 Å². The molecule has 106 valence electrons. The highest BCUT2D eigenvalue weighted by molar-refractivity contribution is 5.68. The van der Waals surface area contributed by atoms with Gasteiger partial charge in [-0.1, -0.05) is 38.5 Å². The van der Waals surface area contributed by atoms with Crippen LogP contribution in [-0.2, 0) is 4.79 Å². The summed E-state index contributed by atoms with van der Waals surface area (Å²) < 4.78 is 5.89. The molecule has 0 saturated carbocycles. The quantitative estimate of drug-likeness (QED) is 0.847. The third-order valence-electron chi connectivity index (χ3n) is 3.02. The molecule has 0 fully saturated rings. The SMILES string of the molecule is Cc1cc(C)c(OCC(C)C)c(C(C)CC(=O)O)c1. The van der Waals surface area contributed by atoms with Crippen LogP contribution in [0.3, 0.4) is 0 Å². The van der Waals surface area contributed by atoms with Crippen molar-refractivity contribution in [3.05, 3.63) is 28.8 Å². The van der Waals surface area contributed by atoms with Gasteiger partial charge in [0.25, 0.3) is 0 Å². The maximum Gasteiger partial charge on any atom is 0.303 e. The van der Waals surface area contributed by atoms with E-state index in [2.05, 4.69) is 19.9 Å². The highest BCUT2D eigenvalue weighted by Gasteiger charge is 2.17. The average Bonchev–Trinajstić information content (AvgIpc) is 2.25. The molecule has 0 bridgehead atoms. The first-order chi connectivity index (χ1) is 8.81. The lowest BCUT2D eigenvalue weighted by Crippen LogP contribution is -2.10. The minimum absolute atomic E-state index is 0.0433. The molecule has 0 spiro atoms. The van der Waals surface area contributed by atoms with Gasteiger partial charge in [0, 0.05) is 0 Å². The fourth-order valence-electron chi connectivity index (χ4n) is 2.17. The molecule has 0 heterocycles. The summed E-state index contributed by atoms with van der Waals surface area (Å²) in [7, 11) is 0. The second-order valence-electron chi connectivity index (χ2n) is 5.70. The molecule has 1 unspecified atom stereocenters. The zero-order chi connectivity index (χ0) is 14.6. The van der Waals surface area contributed by atoms with Crippen LogP contribution in [0.25, 0.3) is 0 Å². The van der Waals surface area contributed by atoms with Crippen molar-refractivity contribution in [1.82, 2.24) is 0 Å². The van der Waals surface area contributed by atoms with Crippen LogP contribution in [0.5, 0.6) is 5.75 Å². The minimum Gasteiger partial charge on any atom is -0.493 e. The highest BCUT2D eigenvalue weighted by Crippen LogP contribution is 2.33. The van der Waals surface area contributed by atoms with Gasteiger partial charge in [-0.05, 0) is 36.8 Å². The molecular formula is C16H24O3. The number of carboxylic acids is 1. The zero-order valence-electron chi connectivity index (χ0n) is 12.5. The van der Waals surface area contributed by atoms with Crippen molar-refractivity contribution in [1.29, 1.82) is 0 Å². The molecule has 0 aliphatic heterocycles. The maximum absolute atomic E-state index is 10.9. The Morgan fingerprint density at radius 1 is 1.26 bits per heavy atom. The Morgan fingerprint density at radius 3 is 2.42 bits per heavy atom. The molecule has 0 aliphatic carbocycles. The van der Waals surface area contributed by atoms with Crippen molar-refractivity contribution < 1.29 is 14.6 Å². The number of benzene rings is 1. The second kappa shape index (κ2) is 6.60. The van der Waals surface area contributed by atoms with Gasteiger partial charge in [-0.15, -0.1) is 0 Å². The summed E-state index contributed by atoms with van der Waals surface area (Å²) in [5, 5.41) is 8.95. The first kappa shape index (κ1) is 15.5. The number of carbonyl (C=O) groups is 1. The third kappa shape index (κ3) is 4.58. The van der Waals surface area contributed by atoms with Gasteiger partial charge >= 0.3 is 5.97 Å². The van der Waals surface area contributed by atoms with Crippen molar-refractivity contribution in [2.45, 2.75) is 47.0 Å². The molecule has 1 rings (SSSR count). The lowest BCUT2D eigenvalue weighted by Gasteiger charge is -2.20. The third-order valence-corrected chi connectivity index (χ3v) is 3.02. The van der Waals surface area contributed by atoms with E-state index < -0.39 is 5.97 Å². The van der Waals surface area contributed by atoms with Gasteiger partial charge in [0.05, 0.1) is 13.0 Å². The predicted octanol–water partition coefficient (Wildman–Crippen LogP) is 3.92. The Kier molecular flexibility index (Phi) is 5.40. The smallest absolute Gasteiger partial charge is 0.303 e. The summed E-state index contributed by atoms with van der Waals surface area (Å²) in [5.74, 6) is 0.483. The standard InChI is InChI=1S/C16H24O3/c1-10(2)9-19-16-13(5)6-11(3)7-14(16)12(4)8-15(17)18/h6-7,10,12H,8-9H2,1-5H3,(H,17,18). The van der Waals surface area contributed by atoms with Crippen LogP contribution in [-0.4, -0.2) is 17.7 Å². The Balaban J connectivity index is 3.08. The first-order valence-corrected chi connectivity index (χ1v) is 6.77. The summed E-state index contributed by atoms with van der Waals surface area (Å²) in [6.45, 7) is 10.8. The molecule has 3 nitrogen and oxygen atoms in total. The van der Waals surface area contributed by atoms with Crippen LogP contribution in [0, 0.1) is 19.8 Å². The van der Waals surface area contributed by atoms with Crippen molar-refractivity contribution in [3.63, 3.8) is 0 Å². The molecule has 0 radical (unpaired) electrons. The number of ether oxygens (including phenoxy) is 1. The van der Waals surface area contributed by atoms with E-state index in [1.54, 1.807) is 0 Å². The molecule has 1 aromatic rings. The topological polar surface area (TPSA) is 46.5 Å². The average molecular weight is 264 g/mol. The van der Waals surface area contributed by atoms with Crippen LogP contribution in [0.2, 0.25) is 0 Å². The monoisotopic (exact) mass is 264 g/mol. The summed E-state index contributed by atoms with van der Waals surface area (Å²) >= 11 is 0. The van der Waals surface area contributed by atoms with E-state index in [0.29, 0.717) is 12.5 Å². The summed E-state index contributed by atoms with van der Waals surface area (Å²) in [6.07, 6.45) is 0.126. The molecule has 0 aliphatic rings. The van der Waals surface area contributed by atoms with Gasteiger partial charge in [-0.2, -0.15) is 0 Å². The van der Waals surface area contributed by atoms with Crippen LogP contribution in [0.1, 0.15) is 49.8 Å². The van der Waals surface area contributed by atoms with Crippen LogP contribution >= 0.6 is 0 Å². The Labute approximate surface area is 115 Å². The molecule has 19 heavy (non-hydrogen) atoms. The first-order valence-electron chi connectivity index (χ1n) is 6.77. The molecule has 3 heteroatoms. The minimum atomic E-state index is -0.776. The van der Waals surface area contributed by atoms with E-state index in [-0.39, 0.29) is 12.3 Å². The Hall–Kier alpha value is -1.51. The molecule has 0 saturated heterocycles. The normalized spacial score (nSPS) is 12.5. The van der Waals surface area contributed by atoms with Crippen LogP contribution < -0.4 is 4.74 Å². The van der Waals surface area contributed by atoms with E-state index in [1.807, 2.05) is 26.8 Å². The van der Waals surface area contributed by atoms with Crippen molar-refractivity contribution >= 4 is 5.97 Å². The molecular weight excluding hydrogens is 240 g/mol. The number of aliphatic carboxylic acids is 1. The summed E-state index contributed by atoms with van der Waals surface area (Å²) in [6, 6.07) is 4.11. The zero-order valence-corrected chi connectivity index (χ0v) is 12.5. The second-order valence-corrected chi connectivity index (χ2v) is 5.70. The number of hydrogen-bond acceptors (Lipinski definition) is 2. The molecule has 1 N–H and O–H groups in total. The number of hydrogen-bond donors (Lipinski definition) is 1. The molecule has 0 aromatic heterocycles. The van der Waals surface area contributed by atoms with E-state index in [1.165, 1.54) is 0 Å². The lowest BCUT2D eigenvalue weighted by molar-refractivity contribution is -0.137. The molecule has 1 aromatic carbocycles. The van der Waals surface area contributed by atoms with Crippen LogP contribution in [0.4, 0.5) is 0 Å². The van der Waals surface area contributed by atoms with Gasteiger partial charge < -0.3 is 9.84 Å². The number of aryl methyl sites for hydroxylation is 2. The van der Waals surface area contributed by atoms with Crippen molar-refractivity contribution in [2.75, 3.05) is 6.61 Å². The van der Waals surface area contributed by atoms with Crippen LogP contribution in [0.15, 0.2) is 12.1 Å². The lowest BCUT2D eigenvalue weighted by atomic mass is 9.93. The highest BCUT2D eigenvalue weighted by atomic mass is 16.5.